The van der Waals surface area contributed by atoms with Crippen molar-refractivity contribution in [3.63, 3.8) is 0 Å². The van der Waals surface area contributed by atoms with Gasteiger partial charge in [-0.25, -0.2) is 8.42 Å². The molecule has 0 bridgehead atoms. The molecule has 1 atom stereocenters. The molecular weight excluding hydrogens is 310 g/mol. The summed E-state index contributed by atoms with van der Waals surface area (Å²) in [6.45, 7) is 2.92. The Kier molecular flexibility index (Phi) is 5.66. The Labute approximate surface area is 132 Å². The van der Waals surface area contributed by atoms with Crippen molar-refractivity contribution in [3.8, 4) is 0 Å². The molecule has 1 aliphatic heterocycles. The van der Waals surface area contributed by atoms with Crippen LogP contribution in [-0.4, -0.2) is 39.0 Å². The second-order valence-corrected chi connectivity index (χ2v) is 7.73. The lowest BCUT2D eigenvalue weighted by atomic mass is 10.1. The highest BCUT2D eigenvalue weighted by Gasteiger charge is 2.27. The summed E-state index contributed by atoms with van der Waals surface area (Å²) in [5.74, 6) is 0.310. The lowest BCUT2D eigenvalue weighted by molar-refractivity contribution is 0.00858. The highest BCUT2D eigenvalue weighted by atomic mass is 35.5. The van der Waals surface area contributed by atoms with Crippen LogP contribution in [0, 0.1) is 6.92 Å². The molecule has 2 rings (SSSR count). The highest BCUT2D eigenvalue weighted by molar-refractivity contribution is 7.89. The van der Waals surface area contributed by atoms with Gasteiger partial charge in [-0.1, -0.05) is 12.1 Å². The Morgan fingerprint density at radius 2 is 2.14 bits per heavy atom. The highest BCUT2D eigenvalue weighted by Crippen LogP contribution is 2.24. The molecule has 1 unspecified atom stereocenters. The van der Waals surface area contributed by atoms with Crippen LogP contribution in [0.25, 0.3) is 0 Å². The quantitative estimate of drug-likeness (QED) is 0.779. The number of hydrogen-bond donors (Lipinski definition) is 0. The van der Waals surface area contributed by atoms with Gasteiger partial charge in [-0.15, -0.1) is 11.6 Å². The maximum atomic E-state index is 12.7. The van der Waals surface area contributed by atoms with E-state index in [-0.39, 0.29) is 6.10 Å². The van der Waals surface area contributed by atoms with E-state index in [0.717, 1.165) is 37.0 Å². The van der Waals surface area contributed by atoms with Crippen LogP contribution in [-0.2, 0) is 20.6 Å². The zero-order chi connectivity index (χ0) is 15.5. The summed E-state index contributed by atoms with van der Waals surface area (Å²) in [4.78, 5) is 0.332. The normalized spacial score (nSPS) is 19.9. The van der Waals surface area contributed by atoms with Crippen molar-refractivity contribution in [2.45, 2.75) is 43.1 Å². The van der Waals surface area contributed by atoms with Crippen molar-refractivity contribution in [1.29, 1.82) is 0 Å². The average Bonchev–Trinajstić information content (AvgIpc) is 2.48. The first-order chi connectivity index (χ1) is 9.96. The molecule has 1 saturated heterocycles. The van der Waals surface area contributed by atoms with Crippen molar-refractivity contribution in [2.75, 3.05) is 20.2 Å². The molecule has 0 spiro atoms. The SMILES string of the molecule is Cc1c(CCl)cccc1S(=O)(=O)N(C)CC1CCCCO1. The van der Waals surface area contributed by atoms with Gasteiger partial charge in [0.25, 0.3) is 0 Å². The average molecular weight is 332 g/mol. The summed E-state index contributed by atoms with van der Waals surface area (Å²) in [5.41, 5.74) is 1.57. The molecule has 21 heavy (non-hydrogen) atoms. The van der Waals surface area contributed by atoms with Crippen molar-refractivity contribution < 1.29 is 13.2 Å². The molecule has 4 nitrogen and oxygen atoms in total. The Morgan fingerprint density at radius 1 is 1.38 bits per heavy atom. The topological polar surface area (TPSA) is 46.6 Å². The molecule has 0 N–H and O–H groups in total. The predicted octanol–water partition coefficient (Wildman–Crippen LogP) is 2.92. The van der Waals surface area contributed by atoms with E-state index in [0.29, 0.717) is 17.3 Å². The minimum absolute atomic E-state index is 0.00459. The standard InChI is InChI=1S/C15H22ClNO3S/c1-12-13(10-16)6-5-8-15(12)21(18,19)17(2)11-14-7-3-4-9-20-14/h5-6,8,14H,3-4,7,9-11H2,1-2H3. The van der Waals surface area contributed by atoms with Crippen molar-refractivity contribution in [3.05, 3.63) is 29.3 Å². The maximum Gasteiger partial charge on any atom is 0.243 e. The van der Waals surface area contributed by atoms with E-state index in [1.165, 1.54) is 4.31 Å². The number of hydrogen-bond acceptors (Lipinski definition) is 3. The van der Waals surface area contributed by atoms with Crippen molar-refractivity contribution in [1.82, 2.24) is 4.31 Å². The molecule has 1 aromatic carbocycles. The van der Waals surface area contributed by atoms with Crippen LogP contribution in [0.15, 0.2) is 23.1 Å². The van der Waals surface area contributed by atoms with Gasteiger partial charge in [0.05, 0.1) is 11.0 Å². The molecule has 0 radical (unpaired) electrons. The van der Waals surface area contributed by atoms with E-state index < -0.39 is 10.0 Å². The maximum absolute atomic E-state index is 12.7. The van der Waals surface area contributed by atoms with Gasteiger partial charge in [0, 0.05) is 26.1 Å². The summed E-state index contributed by atoms with van der Waals surface area (Å²) in [5, 5.41) is 0. The number of rotatable bonds is 5. The molecule has 118 valence electrons. The molecule has 0 saturated carbocycles. The second-order valence-electron chi connectivity index (χ2n) is 5.45. The van der Waals surface area contributed by atoms with Crippen LogP contribution in [0.2, 0.25) is 0 Å². The molecule has 1 fully saturated rings. The molecular formula is C15H22ClNO3S. The Bertz CT molecular complexity index is 583. The minimum Gasteiger partial charge on any atom is -0.377 e. The third-order valence-corrected chi connectivity index (χ3v) is 6.22. The van der Waals surface area contributed by atoms with Crippen molar-refractivity contribution >= 4 is 21.6 Å². The lowest BCUT2D eigenvalue weighted by Gasteiger charge is -2.27. The summed E-state index contributed by atoms with van der Waals surface area (Å²) in [6, 6.07) is 5.23. The molecule has 1 heterocycles. The van der Waals surface area contributed by atoms with E-state index in [1.807, 2.05) is 6.07 Å². The predicted molar refractivity (Wildman–Crippen MR) is 84.1 cm³/mol. The Hall–Kier alpha value is -0.620. The zero-order valence-electron chi connectivity index (χ0n) is 12.5. The summed E-state index contributed by atoms with van der Waals surface area (Å²) < 4.78 is 32.5. The van der Waals surface area contributed by atoms with Gasteiger partial charge in [-0.05, 0) is 43.4 Å². The fraction of sp³-hybridized carbons (Fsp3) is 0.600. The fourth-order valence-electron chi connectivity index (χ4n) is 2.59. The number of ether oxygens (including phenoxy) is 1. The Balaban J connectivity index is 2.20. The number of likely N-dealkylation sites (N-methyl/N-ethyl adjacent to an activating group) is 1. The molecule has 0 aromatic heterocycles. The first kappa shape index (κ1) is 16.7. The van der Waals surface area contributed by atoms with Crippen LogP contribution >= 0.6 is 11.6 Å². The van der Waals surface area contributed by atoms with Crippen LogP contribution < -0.4 is 0 Å². The summed E-state index contributed by atoms with van der Waals surface area (Å²) in [6.07, 6.45) is 3.07. The van der Waals surface area contributed by atoms with Crippen molar-refractivity contribution in [2.24, 2.45) is 0 Å². The number of nitrogens with zero attached hydrogens (tertiary/aromatic N) is 1. The van der Waals surface area contributed by atoms with Gasteiger partial charge >= 0.3 is 0 Å². The largest absolute Gasteiger partial charge is 0.377 e. The third kappa shape index (κ3) is 3.77. The van der Waals surface area contributed by atoms with E-state index in [1.54, 1.807) is 26.1 Å². The number of sulfonamides is 1. The fourth-order valence-corrected chi connectivity index (χ4v) is 4.34. The first-order valence-corrected chi connectivity index (χ1v) is 9.16. The van der Waals surface area contributed by atoms with Crippen LogP contribution in [0.5, 0.6) is 0 Å². The van der Waals surface area contributed by atoms with E-state index in [2.05, 4.69) is 0 Å². The number of halogens is 1. The molecule has 1 aliphatic rings. The minimum atomic E-state index is -3.51. The van der Waals surface area contributed by atoms with Gasteiger partial charge in [0.1, 0.15) is 0 Å². The van der Waals surface area contributed by atoms with E-state index in [9.17, 15) is 8.42 Å². The van der Waals surface area contributed by atoms with Gasteiger partial charge < -0.3 is 4.74 Å². The van der Waals surface area contributed by atoms with E-state index >= 15 is 0 Å². The van der Waals surface area contributed by atoms with Crippen LogP contribution in [0.4, 0.5) is 0 Å². The van der Waals surface area contributed by atoms with Gasteiger partial charge in [-0.3, -0.25) is 0 Å². The van der Waals surface area contributed by atoms with Gasteiger partial charge in [-0.2, -0.15) is 4.31 Å². The van der Waals surface area contributed by atoms with Gasteiger partial charge in [0.15, 0.2) is 0 Å². The number of alkyl halides is 1. The second kappa shape index (κ2) is 7.09. The van der Waals surface area contributed by atoms with Crippen LogP contribution in [0.1, 0.15) is 30.4 Å². The monoisotopic (exact) mass is 331 g/mol. The van der Waals surface area contributed by atoms with Gasteiger partial charge in [0.2, 0.25) is 10.0 Å². The zero-order valence-corrected chi connectivity index (χ0v) is 14.1. The molecule has 6 heteroatoms. The number of benzene rings is 1. The first-order valence-electron chi connectivity index (χ1n) is 7.19. The summed E-state index contributed by atoms with van der Waals surface area (Å²) >= 11 is 5.86. The third-order valence-electron chi connectivity index (χ3n) is 3.96. The Morgan fingerprint density at radius 3 is 2.76 bits per heavy atom. The summed E-state index contributed by atoms with van der Waals surface area (Å²) in [7, 11) is -1.90. The molecule has 0 aliphatic carbocycles. The lowest BCUT2D eigenvalue weighted by Crippen LogP contribution is -2.37. The smallest absolute Gasteiger partial charge is 0.243 e. The van der Waals surface area contributed by atoms with Crippen LogP contribution in [0.3, 0.4) is 0 Å². The van der Waals surface area contributed by atoms with E-state index in [4.69, 9.17) is 16.3 Å². The molecule has 0 amide bonds. The molecule has 1 aromatic rings.